The van der Waals surface area contributed by atoms with Gasteiger partial charge in [0, 0.05) is 15.7 Å². The molecule has 3 heteroatoms. The van der Waals surface area contributed by atoms with E-state index in [0.717, 1.165) is 12.4 Å². The molecular formula is C13H22N2S. The Morgan fingerprint density at radius 3 is 2.38 bits per heavy atom. The van der Waals surface area contributed by atoms with E-state index in [1.807, 2.05) is 0 Å². The Balaban J connectivity index is 2.75. The molecule has 1 aromatic rings. The number of aliphatic imine (C=N–C) groups is 1. The van der Waals surface area contributed by atoms with Crippen molar-refractivity contribution in [3.05, 3.63) is 22.4 Å². The quantitative estimate of drug-likeness (QED) is 0.636. The zero-order valence-corrected chi connectivity index (χ0v) is 11.7. The van der Waals surface area contributed by atoms with Gasteiger partial charge < -0.3 is 5.73 Å². The monoisotopic (exact) mass is 238 g/mol. The maximum Gasteiger partial charge on any atom is 0.0991 e. The molecule has 1 heterocycles. The fourth-order valence-electron chi connectivity index (χ4n) is 1.26. The summed E-state index contributed by atoms with van der Waals surface area (Å²) in [5.74, 6) is 0.733. The van der Waals surface area contributed by atoms with Gasteiger partial charge in [0.2, 0.25) is 0 Å². The third-order valence-corrected chi connectivity index (χ3v) is 3.84. The first-order valence-corrected chi connectivity index (χ1v) is 6.46. The molecular weight excluding hydrogens is 216 g/mol. The first kappa shape index (κ1) is 13.2. The van der Waals surface area contributed by atoms with E-state index in [-0.39, 0.29) is 10.8 Å². The molecule has 0 spiro atoms. The summed E-state index contributed by atoms with van der Waals surface area (Å²) < 4.78 is 0. The number of thiophene rings is 1. The van der Waals surface area contributed by atoms with Crippen LogP contribution in [0.15, 0.2) is 22.5 Å². The number of nitrogens with zero attached hydrogens (tertiary/aromatic N) is 1. The van der Waals surface area contributed by atoms with Gasteiger partial charge in [-0.05, 0) is 11.4 Å². The Hall–Kier alpha value is -0.830. The minimum absolute atomic E-state index is 0.0362. The van der Waals surface area contributed by atoms with Crippen molar-refractivity contribution in [1.29, 1.82) is 0 Å². The van der Waals surface area contributed by atoms with E-state index in [1.54, 1.807) is 11.3 Å². The van der Waals surface area contributed by atoms with Crippen LogP contribution in [0, 0.1) is 5.41 Å². The minimum Gasteiger partial charge on any atom is -0.387 e. The van der Waals surface area contributed by atoms with Crippen LogP contribution >= 0.6 is 11.3 Å². The summed E-state index contributed by atoms with van der Waals surface area (Å²) in [5, 5.41) is 2.11. The van der Waals surface area contributed by atoms with Gasteiger partial charge in [0.15, 0.2) is 0 Å². The molecule has 0 amide bonds. The second-order valence-corrected chi connectivity index (χ2v) is 6.76. The molecule has 1 aromatic heterocycles. The molecule has 0 bridgehead atoms. The molecule has 0 saturated carbocycles. The largest absolute Gasteiger partial charge is 0.387 e. The zero-order valence-electron chi connectivity index (χ0n) is 10.9. The average molecular weight is 238 g/mol. The molecule has 2 nitrogen and oxygen atoms in total. The van der Waals surface area contributed by atoms with Crippen molar-refractivity contribution < 1.29 is 0 Å². The SMILES string of the molecule is CC(C)(C)C(N)=NCC(C)(C)c1cccs1. The third kappa shape index (κ3) is 3.34. The van der Waals surface area contributed by atoms with E-state index >= 15 is 0 Å². The molecule has 0 unspecified atom stereocenters. The van der Waals surface area contributed by atoms with Gasteiger partial charge in [-0.2, -0.15) is 0 Å². The first-order chi connectivity index (χ1) is 7.23. The molecule has 1 rings (SSSR count). The lowest BCUT2D eigenvalue weighted by Crippen LogP contribution is -2.31. The normalized spacial score (nSPS) is 14.2. The molecule has 0 aliphatic rings. The Labute approximate surface area is 103 Å². The van der Waals surface area contributed by atoms with Crippen molar-refractivity contribution in [2.75, 3.05) is 6.54 Å². The predicted octanol–water partition coefficient (Wildman–Crippen LogP) is 3.43. The topological polar surface area (TPSA) is 38.4 Å². The molecule has 0 saturated heterocycles. The summed E-state index contributed by atoms with van der Waals surface area (Å²) in [6.45, 7) is 11.4. The number of hydrogen-bond donors (Lipinski definition) is 1. The van der Waals surface area contributed by atoms with Crippen LogP contribution in [-0.4, -0.2) is 12.4 Å². The van der Waals surface area contributed by atoms with Crippen LogP contribution in [0.3, 0.4) is 0 Å². The van der Waals surface area contributed by atoms with Gasteiger partial charge in [0.25, 0.3) is 0 Å². The predicted molar refractivity (Wildman–Crippen MR) is 73.3 cm³/mol. The summed E-state index contributed by atoms with van der Waals surface area (Å²) >= 11 is 1.78. The molecule has 0 aliphatic heterocycles. The van der Waals surface area contributed by atoms with Gasteiger partial charge in [-0.25, -0.2) is 0 Å². The highest BCUT2D eigenvalue weighted by atomic mass is 32.1. The van der Waals surface area contributed by atoms with E-state index in [1.165, 1.54) is 4.88 Å². The van der Waals surface area contributed by atoms with Crippen molar-refractivity contribution in [1.82, 2.24) is 0 Å². The lowest BCUT2D eigenvalue weighted by Gasteiger charge is -2.23. The lowest BCUT2D eigenvalue weighted by molar-refractivity contribution is 0.534. The highest BCUT2D eigenvalue weighted by Gasteiger charge is 2.23. The average Bonchev–Trinajstić information content (AvgIpc) is 2.65. The van der Waals surface area contributed by atoms with Gasteiger partial charge in [-0.15, -0.1) is 11.3 Å². The number of hydrogen-bond acceptors (Lipinski definition) is 2. The molecule has 0 aliphatic carbocycles. The molecule has 0 atom stereocenters. The van der Waals surface area contributed by atoms with Crippen molar-refractivity contribution in [3.8, 4) is 0 Å². The number of amidine groups is 1. The number of rotatable bonds is 3. The summed E-state index contributed by atoms with van der Waals surface area (Å²) in [6.07, 6.45) is 0. The van der Waals surface area contributed by atoms with E-state index < -0.39 is 0 Å². The molecule has 0 radical (unpaired) electrons. The van der Waals surface area contributed by atoms with E-state index in [0.29, 0.717) is 0 Å². The van der Waals surface area contributed by atoms with Crippen molar-refractivity contribution in [3.63, 3.8) is 0 Å². The highest BCUT2D eigenvalue weighted by Crippen LogP contribution is 2.28. The van der Waals surface area contributed by atoms with E-state index in [4.69, 9.17) is 5.73 Å². The minimum atomic E-state index is -0.0362. The van der Waals surface area contributed by atoms with E-state index in [9.17, 15) is 0 Å². The Kier molecular flexibility index (Phi) is 3.79. The lowest BCUT2D eigenvalue weighted by atomic mass is 9.91. The van der Waals surface area contributed by atoms with Gasteiger partial charge in [0.1, 0.15) is 0 Å². The van der Waals surface area contributed by atoms with Gasteiger partial charge in [0.05, 0.1) is 12.4 Å². The van der Waals surface area contributed by atoms with Crippen molar-refractivity contribution in [2.45, 2.75) is 40.0 Å². The maximum atomic E-state index is 5.96. The van der Waals surface area contributed by atoms with Gasteiger partial charge in [-0.3, -0.25) is 4.99 Å². The second kappa shape index (κ2) is 4.58. The summed E-state index contributed by atoms with van der Waals surface area (Å²) in [7, 11) is 0. The number of nitrogens with two attached hydrogens (primary N) is 1. The van der Waals surface area contributed by atoms with Crippen LogP contribution in [-0.2, 0) is 5.41 Å². The molecule has 0 aromatic carbocycles. The standard InChI is InChI=1S/C13H22N2S/c1-12(2,3)11(14)15-9-13(4,5)10-7-6-8-16-10/h6-8H,9H2,1-5H3,(H2,14,15). The maximum absolute atomic E-state index is 5.96. The smallest absolute Gasteiger partial charge is 0.0991 e. The first-order valence-electron chi connectivity index (χ1n) is 5.58. The molecule has 16 heavy (non-hydrogen) atoms. The Bertz CT molecular complexity index is 356. The van der Waals surface area contributed by atoms with Crippen molar-refractivity contribution in [2.24, 2.45) is 16.1 Å². The van der Waals surface area contributed by atoms with Gasteiger partial charge in [-0.1, -0.05) is 40.7 Å². The fourth-order valence-corrected chi connectivity index (χ4v) is 2.11. The summed E-state index contributed by atoms with van der Waals surface area (Å²) in [5.41, 5.74) is 6.00. The Morgan fingerprint density at radius 2 is 1.94 bits per heavy atom. The van der Waals surface area contributed by atoms with Crippen LogP contribution in [0.5, 0.6) is 0 Å². The zero-order chi connectivity index (χ0) is 12.4. The Morgan fingerprint density at radius 1 is 1.31 bits per heavy atom. The molecule has 2 N–H and O–H groups in total. The highest BCUT2D eigenvalue weighted by molar-refractivity contribution is 7.10. The summed E-state index contributed by atoms with van der Waals surface area (Å²) in [6, 6.07) is 4.24. The second-order valence-electron chi connectivity index (χ2n) is 5.81. The van der Waals surface area contributed by atoms with Crippen LogP contribution < -0.4 is 5.73 Å². The van der Waals surface area contributed by atoms with Crippen LogP contribution in [0.2, 0.25) is 0 Å². The summed E-state index contributed by atoms with van der Waals surface area (Å²) in [4.78, 5) is 5.88. The van der Waals surface area contributed by atoms with Crippen LogP contribution in [0.4, 0.5) is 0 Å². The van der Waals surface area contributed by atoms with Crippen LogP contribution in [0.25, 0.3) is 0 Å². The fraction of sp³-hybridized carbons (Fsp3) is 0.615. The third-order valence-electron chi connectivity index (χ3n) is 2.60. The molecule has 0 fully saturated rings. The molecule has 90 valence electrons. The van der Waals surface area contributed by atoms with E-state index in [2.05, 4.69) is 57.1 Å². The van der Waals surface area contributed by atoms with Crippen LogP contribution in [0.1, 0.15) is 39.5 Å². The van der Waals surface area contributed by atoms with Crippen molar-refractivity contribution >= 4 is 17.2 Å². The van der Waals surface area contributed by atoms with Gasteiger partial charge >= 0.3 is 0 Å².